The van der Waals surface area contributed by atoms with Crippen molar-refractivity contribution in [1.29, 1.82) is 5.26 Å². The van der Waals surface area contributed by atoms with Crippen molar-refractivity contribution < 1.29 is 9.53 Å². The molecule has 0 heterocycles. The molecule has 0 aliphatic heterocycles. The summed E-state index contributed by atoms with van der Waals surface area (Å²) in [4.78, 5) is 12.3. The second-order valence-electron chi connectivity index (χ2n) is 6.09. The molecule has 0 aliphatic rings. The van der Waals surface area contributed by atoms with E-state index in [0.29, 0.717) is 28.6 Å². The van der Waals surface area contributed by atoms with E-state index >= 15 is 0 Å². The summed E-state index contributed by atoms with van der Waals surface area (Å²) in [6.07, 6.45) is 1.49. The van der Waals surface area contributed by atoms with Gasteiger partial charge in [-0.15, -0.1) is 0 Å². The SMILES string of the molecule is N#C/C(=C\c1ccc(OCc2ccc(I)cc2)c(Cl)c1)C(=O)Nc1ccccc1. The van der Waals surface area contributed by atoms with Crippen LogP contribution < -0.4 is 10.1 Å². The Morgan fingerprint density at radius 1 is 1.10 bits per heavy atom. The molecule has 1 amide bonds. The second-order valence-corrected chi connectivity index (χ2v) is 7.75. The number of nitriles is 1. The first-order valence-corrected chi connectivity index (χ1v) is 10.2. The summed E-state index contributed by atoms with van der Waals surface area (Å²) >= 11 is 8.57. The number of anilines is 1. The minimum Gasteiger partial charge on any atom is -0.487 e. The Labute approximate surface area is 187 Å². The molecule has 1 N–H and O–H groups in total. The molecule has 0 radical (unpaired) electrons. The maximum atomic E-state index is 12.3. The molecule has 3 aromatic carbocycles. The molecule has 0 aliphatic carbocycles. The molecule has 0 saturated heterocycles. The molecule has 0 spiro atoms. The van der Waals surface area contributed by atoms with Crippen molar-refractivity contribution in [2.75, 3.05) is 5.32 Å². The maximum absolute atomic E-state index is 12.3. The maximum Gasteiger partial charge on any atom is 0.266 e. The fourth-order valence-corrected chi connectivity index (χ4v) is 3.10. The molecule has 144 valence electrons. The summed E-state index contributed by atoms with van der Waals surface area (Å²) in [5, 5.41) is 12.5. The van der Waals surface area contributed by atoms with Gasteiger partial charge in [-0.3, -0.25) is 4.79 Å². The second kappa shape index (κ2) is 10.1. The van der Waals surface area contributed by atoms with Crippen molar-refractivity contribution in [2.45, 2.75) is 6.61 Å². The van der Waals surface area contributed by atoms with E-state index in [2.05, 4.69) is 27.9 Å². The molecule has 6 heteroatoms. The van der Waals surface area contributed by atoms with Gasteiger partial charge in [0, 0.05) is 9.26 Å². The fourth-order valence-electron chi connectivity index (χ4n) is 2.50. The van der Waals surface area contributed by atoms with Crippen molar-refractivity contribution in [3.05, 3.63) is 98.1 Å². The monoisotopic (exact) mass is 514 g/mol. The highest BCUT2D eigenvalue weighted by molar-refractivity contribution is 14.1. The first-order valence-electron chi connectivity index (χ1n) is 8.70. The molecule has 4 nitrogen and oxygen atoms in total. The summed E-state index contributed by atoms with van der Waals surface area (Å²) in [5.41, 5.74) is 2.28. The van der Waals surface area contributed by atoms with Crippen LogP contribution in [0, 0.1) is 14.9 Å². The quantitative estimate of drug-likeness (QED) is 0.247. The largest absolute Gasteiger partial charge is 0.487 e. The Morgan fingerprint density at radius 2 is 1.83 bits per heavy atom. The van der Waals surface area contributed by atoms with E-state index in [9.17, 15) is 10.1 Å². The van der Waals surface area contributed by atoms with Crippen LogP contribution in [-0.2, 0) is 11.4 Å². The van der Waals surface area contributed by atoms with Crippen LogP contribution in [0.5, 0.6) is 5.75 Å². The zero-order chi connectivity index (χ0) is 20.6. The lowest BCUT2D eigenvalue weighted by Crippen LogP contribution is -2.13. The summed E-state index contributed by atoms with van der Waals surface area (Å²) in [7, 11) is 0. The van der Waals surface area contributed by atoms with Crippen LogP contribution in [0.4, 0.5) is 5.69 Å². The number of hydrogen-bond acceptors (Lipinski definition) is 3. The topological polar surface area (TPSA) is 62.1 Å². The molecule has 3 aromatic rings. The molecule has 29 heavy (non-hydrogen) atoms. The van der Waals surface area contributed by atoms with Gasteiger partial charge in [0.05, 0.1) is 5.02 Å². The van der Waals surface area contributed by atoms with Crippen LogP contribution in [0.1, 0.15) is 11.1 Å². The third kappa shape index (κ3) is 6.08. The number of amides is 1. The Bertz CT molecular complexity index is 1070. The van der Waals surface area contributed by atoms with Gasteiger partial charge in [-0.25, -0.2) is 0 Å². The van der Waals surface area contributed by atoms with E-state index < -0.39 is 5.91 Å². The third-order valence-corrected chi connectivity index (χ3v) is 4.99. The van der Waals surface area contributed by atoms with Gasteiger partial charge in [0.15, 0.2) is 0 Å². The van der Waals surface area contributed by atoms with Gasteiger partial charge in [-0.2, -0.15) is 5.26 Å². The lowest BCUT2D eigenvalue weighted by molar-refractivity contribution is -0.112. The van der Waals surface area contributed by atoms with Gasteiger partial charge in [0.1, 0.15) is 24.0 Å². The number of para-hydroxylation sites is 1. The molecule has 0 saturated carbocycles. The zero-order valence-corrected chi connectivity index (χ0v) is 18.1. The average Bonchev–Trinajstić information content (AvgIpc) is 2.73. The lowest BCUT2D eigenvalue weighted by Gasteiger charge is -2.09. The number of benzene rings is 3. The van der Waals surface area contributed by atoms with E-state index in [1.54, 1.807) is 42.5 Å². The first kappa shape index (κ1) is 20.9. The highest BCUT2D eigenvalue weighted by atomic mass is 127. The van der Waals surface area contributed by atoms with E-state index in [4.69, 9.17) is 16.3 Å². The molecule has 0 fully saturated rings. The van der Waals surface area contributed by atoms with E-state index in [-0.39, 0.29) is 5.57 Å². The number of nitrogens with zero attached hydrogens (tertiary/aromatic N) is 1. The standard InChI is InChI=1S/C23H16ClIN2O2/c24-21-13-17(8-11-22(21)29-15-16-6-9-19(25)10-7-16)12-18(14-26)23(28)27-20-4-2-1-3-5-20/h1-13H,15H2,(H,27,28)/b18-12+. The predicted molar refractivity (Wildman–Crippen MR) is 124 cm³/mol. The van der Waals surface area contributed by atoms with Crippen LogP contribution in [0.2, 0.25) is 5.02 Å². The van der Waals surface area contributed by atoms with Gasteiger partial charge >= 0.3 is 0 Å². The third-order valence-electron chi connectivity index (χ3n) is 3.97. The average molecular weight is 515 g/mol. The summed E-state index contributed by atoms with van der Waals surface area (Å²) in [6, 6.07) is 24.1. The van der Waals surface area contributed by atoms with Gasteiger partial charge < -0.3 is 10.1 Å². The highest BCUT2D eigenvalue weighted by Gasteiger charge is 2.10. The van der Waals surface area contributed by atoms with Crippen molar-refractivity contribution in [3.8, 4) is 11.8 Å². The number of rotatable bonds is 6. The normalized spacial score (nSPS) is 10.9. The number of halogens is 2. The molecule has 3 rings (SSSR count). The Hall–Kier alpha value is -2.82. The van der Waals surface area contributed by atoms with E-state index in [1.807, 2.05) is 36.4 Å². The summed E-state index contributed by atoms with van der Waals surface area (Å²) in [6.45, 7) is 0.398. The Balaban J connectivity index is 1.70. The lowest BCUT2D eigenvalue weighted by atomic mass is 10.1. The zero-order valence-electron chi connectivity index (χ0n) is 15.2. The Morgan fingerprint density at radius 3 is 2.48 bits per heavy atom. The fraction of sp³-hybridized carbons (Fsp3) is 0.0435. The van der Waals surface area contributed by atoms with Crippen LogP contribution >= 0.6 is 34.2 Å². The van der Waals surface area contributed by atoms with E-state index in [1.165, 1.54) is 6.08 Å². The van der Waals surface area contributed by atoms with Crippen molar-refractivity contribution in [3.63, 3.8) is 0 Å². The Kier molecular flexibility index (Phi) is 7.28. The molecular weight excluding hydrogens is 499 g/mol. The van der Waals surface area contributed by atoms with Crippen molar-refractivity contribution >= 4 is 51.9 Å². The van der Waals surface area contributed by atoms with Crippen molar-refractivity contribution in [1.82, 2.24) is 0 Å². The smallest absolute Gasteiger partial charge is 0.266 e. The highest BCUT2D eigenvalue weighted by Crippen LogP contribution is 2.27. The van der Waals surface area contributed by atoms with Gasteiger partial charge in [0.25, 0.3) is 5.91 Å². The molecular formula is C23H16ClIN2O2. The van der Waals surface area contributed by atoms with E-state index in [0.717, 1.165) is 9.13 Å². The first-order chi connectivity index (χ1) is 14.0. The van der Waals surface area contributed by atoms with Crippen LogP contribution in [0.25, 0.3) is 6.08 Å². The number of ether oxygens (including phenoxy) is 1. The molecule has 0 atom stereocenters. The molecule has 0 bridgehead atoms. The van der Waals surface area contributed by atoms with Gasteiger partial charge in [-0.05, 0) is 76.2 Å². The van der Waals surface area contributed by atoms with Crippen LogP contribution in [0.15, 0.2) is 78.4 Å². The number of hydrogen-bond donors (Lipinski definition) is 1. The van der Waals surface area contributed by atoms with Crippen LogP contribution in [0.3, 0.4) is 0 Å². The number of carbonyl (C=O) groups excluding carboxylic acids is 1. The molecule has 0 aromatic heterocycles. The van der Waals surface area contributed by atoms with Crippen LogP contribution in [-0.4, -0.2) is 5.91 Å². The minimum absolute atomic E-state index is 0.0162. The number of nitrogens with one attached hydrogen (secondary N) is 1. The molecule has 0 unspecified atom stereocenters. The summed E-state index contributed by atoms with van der Waals surface area (Å²) in [5.74, 6) is 0.0588. The predicted octanol–water partition coefficient (Wildman–Crippen LogP) is 6.07. The van der Waals surface area contributed by atoms with Crippen molar-refractivity contribution in [2.24, 2.45) is 0 Å². The number of carbonyl (C=O) groups is 1. The summed E-state index contributed by atoms with van der Waals surface area (Å²) < 4.78 is 6.93. The van der Waals surface area contributed by atoms with Gasteiger partial charge in [0.2, 0.25) is 0 Å². The minimum atomic E-state index is -0.478. The van der Waals surface area contributed by atoms with Gasteiger partial charge in [-0.1, -0.05) is 48.0 Å².